The van der Waals surface area contributed by atoms with Crippen LogP contribution >= 0.6 is 23.4 Å². The van der Waals surface area contributed by atoms with Crippen molar-refractivity contribution in [3.63, 3.8) is 0 Å². The number of nitrogens with one attached hydrogen (secondary N) is 2. The van der Waals surface area contributed by atoms with E-state index in [0.717, 1.165) is 67.5 Å². The van der Waals surface area contributed by atoms with Crippen LogP contribution in [0.3, 0.4) is 0 Å². The van der Waals surface area contributed by atoms with Crippen molar-refractivity contribution in [2.75, 3.05) is 24.5 Å². The second-order valence-corrected chi connectivity index (χ2v) is 8.38. The largest absolute Gasteiger partial charge is 0.384 e. The van der Waals surface area contributed by atoms with Gasteiger partial charge in [0.25, 0.3) is 11.1 Å². The van der Waals surface area contributed by atoms with Gasteiger partial charge in [0.15, 0.2) is 0 Å². The molecule has 2 heterocycles. The van der Waals surface area contributed by atoms with Crippen molar-refractivity contribution in [1.82, 2.24) is 10.6 Å². The molecular weight excluding hydrogens is 396 g/mol. The van der Waals surface area contributed by atoms with E-state index in [1.165, 1.54) is 0 Å². The molecule has 2 fully saturated rings. The maximum absolute atomic E-state index is 11.9. The highest BCUT2D eigenvalue weighted by atomic mass is 35.5. The molecule has 3 rings (SSSR count). The van der Waals surface area contributed by atoms with Gasteiger partial charge in [-0.2, -0.15) is 0 Å². The van der Waals surface area contributed by atoms with E-state index in [1.807, 2.05) is 18.2 Å². The Labute approximate surface area is 174 Å². The number of unbranched alkanes of at least 4 members (excludes halogenated alkanes) is 1. The minimum atomic E-state index is -0.365. The van der Waals surface area contributed by atoms with Gasteiger partial charge in [-0.25, -0.2) is 0 Å². The Morgan fingerprint density at radius 1 is 1.43 bits per heavy atom. The number of carbonyl (C=O) groups excluding carboxylic acids is 2. The molecule has 1 aromatic rings. The molecule has 2 aliphatic rings. The Kier molecular flexibility index (Phi) is 7.04. The fourth-order valence-corrected chi connectivity index (χ4v) is 4.44. The molecule has 0 aromatic heterocycles. The summed E-state index contributed by atoms with van der Waals surface area (Å²) in [5.74, 6) is -0.365. The predicted molar refractivity (Wildman–Crippen MR) is 116 cm³/mol. The topological polar surface area (TPSA) is 87.5 Å². The molecule has 2 saturated heterocycles. The third-order valence-corrected chi connectivity index (χ3v) is 5.91. The van der Waals surface area contributed by atoms with Crippen LogP contribution in [0.2, 0.25) is 5.02 Å². The summed E-state index contributed by atoms with van der Waals surface area (Å²) in [6, 6.07) is 5.91. The van der Waals surface area contributed by atoms with Crippen molar-refractivity contribution < 1.29 is 9.59 Å². The molecular formula is C20H25ClN4O2S. The predicted octanol–water partition coefficient (Wildman–Crippen LogP) is 3.47. The molecule has 150 valence electrons. The van der Waals surface area contributed by atoms with E-state index in [1.54, 1.807) is 6.08 Å². The number of anilines is 1. The SMILES string of the molecule is C=C(CCCCN)N[C@H]1CCN(c2c(Cl)cccc2/C=C2\SC(=O)NC2=O)C1. The summed E-state index contributed by atoms with van der Waals surface area (Å²) >= 11 is 7.41. The number of carbonyl (C=O) groups is 2. The minimum absolute atomic E-state index is 0.299. The number of imide groups is 1. The molecule has 2 amide bonds. The summed E-state index contributed by atoms with van der Waals surface area (Å²) in [7, 11) is 0. The summed E-state index contributed by atoms with van der Waals surface area (Å²) < 4.78 is 0. The Balaban J connectivity index is 1.71. The smallest absolute Gasteiger partial charge is 0.290 e. The summed E-state index contributed by atoms with van der Waals surface area (Å²) in [6.45, 7) is 6.48. The number of para-hydroxylation sites is 1. The Bertz CT molecular complexity index is 811. The number of hydrogen-bond donors (Lipinski definition) is 3. The Morgan fingerprint density at radius 2 is 2.25 bits per heavy atom. The summed E-state index contributed by atoms with van der Waals surface area (Å²) in [5.41, 5.74) is 8.31. The Hall–Kier alpha value is -1.96. The standard InChI is InChI=1S/C20H25ClN4O2S/c1-13(5-2-3-9-22)23-15-8-10-25(12-15)18-14(6-4-7-16(18)21)11-17-19(26)24-20(27)28-17/h4,6-7,11,15,23H,1-3,5,8-10,12,22H2,(H,24,26,27)/b17-11-/t15-/m0/s1. The van der Waals surface area contributed by atoms with Crippen molar-refractivity contribution in [3.05, 3.63) is 46.0 Å². The van der Waals surface area contributed by atoms with Crippen LogP contribution < -0.4 is 21.3 Å². The normalized spacial score (nSPS) is 20.7. The molecule has 8 heteroatoms. The van der Waals surface area contributed by atoms with E-state index in [4.69, 9.17) is 17.3 Å². The second kappa shape index (κ2) is 9.49. The molecule has 1 aromatic carbocycles. The molecule has 0 saturated carbocycles. The summed E-state index contributed by atoms with van der Waals surface area (Å²) in [4.78, 5) is 25.9. The van der Waals surface area contributed by atoms with Crippen LogP contribution in [0.15, 0.2) is 35.4 Å². The van der Waals surface area contributed by atoms with Gasteiger partial charge >= 0.3 is 0 Å². The highest BCUT2D eigenvalue weighted by Gasteiger charge is 2.28. The molecule has 6 nitrogen and oxygen atoms in total. The van der Waals surface area contributed by atoms with Gasteiger partial charge in [0.1, 0.15) is 0 Å². The molecule has 2 aliphatic heterocycles. The van der Waals surface area contributed by atoms with Crippen molar-refractivity contribution in [1.29, 1.82) is 0 Å². The molecule has 4 N–H and O–H groups in total. The van der Waals surface area contributed by atoms with Gasteiger partial charge in [0.05, 0.1) is 15.6 Å². The van der Waals surface area contributed by atoms with E-state index in [9.17, 15) is 9.59 Å². The number of allylic oxidation sites excluding steroid dienone is 1. The number of nitrogens with zero attached hydrogens (tertiary/aromatic N) is 1. The molecule has 0 spiro atoms. The highest BCUT2D eigenvalue weighted by molar-refractivity contribution is 8.18. The van der Waals surface area contributed by atoms with Crippen molar-refractivity contribution in [2.24, 2.45) is 5.73 Å². The zero-order valence-electron chi connectivity index (χ0n) is 15.7. The maximum Gasteiger partial charge on any atom is 0.290 e. The monoisotopic (exact) mass is 420 g/mol. The second-order valence-electron chi connectivity index (χ2n) is 6.96. The zero-order chi connectivity index (χ0) is 20.1. The fourth-order valence-electron chi connectivity index (χ4n) is 3.47. The quantitative estimate of drug-likeness (QED) is 0.441. The summed E-state index contributed by atoms with van der Waals surface area (Å²) in [5, 5.41) is 6.08. The number of amides is 2. The average Bonchev–Trinajstić information content (AvgIpc) is 3.21. The summed E-state index contributed by atoms with van der Waals surface area (Å²) in [6.07, 6.45) is 5.68. The zero-order valence-corrected chi connectivity index (χ0v) is 17.2. The third-order valence-electron chi connectivity index (χ3n) is 4.79. The lowest BCUT2D eigenvalue weighted by atomic mass is 10.1. The maximum atomic E-state index is 11.9. The van der Waals surface area contributed by atoms with E-state index in [0.29, 0.717) is 22.5 Å². The van der Waals surface area contributed by atoms with Crippen molar-refractivity contribution in [3.8, 4) is 0 Å². The van der Waals surface area contributed by atoms with E-state index >= 15 is 0 Å². The number of rotatable bonds is 8. The van der Waals surface area contributed by atoms with Crippen molar-refractivity contribution in [2.45, 2.75) is 31.7 Å². The first-order chi connectivity index (χ1) is 13.5. The lowest BCUT2D eigenvalue weighted by Gasteiger charge is -2.23. The number of thioether (sulfide) groups is 1. The molecule has 28 heavy (non-hydrogen) atoms. The van der Waals surface area contributed by atoms with Gasteiger partial charge < -0.3 is 16.0 Å². The number of hydrogen-bond acceptors (Lipinski definition) is 6. The van der Waals surface area contributed by atoms with E-state index in [2.05, 4.69) is 22.1 Å². The number of halogens is 1. The fraction of sp³-hybridized carbons (Fsp3) is 0.400. The number of nitrogens with two attached hydrogens (primary N) is 1. The van der Waals surface area contributed by atoms with Crippen LogP contribution in [0.4, 0.5) is 10.5 Å². The van der Waals surface area contributed by atoms with Gasteiger partial charge in [-0.3, -0.25) is 14.9 Å². The van der Waals surface area contributed by atoms with Crippen LogP contribution in [0.25, 0.3) is 6.08 Å². The number of benzene rings is 1. The van der Waals surface area contributed by atoms with Gasteiger partial charge in [-0.1, -0.05) is 30.3 Å². The molecule has 1 atom stereocenters. The van der Waals surface area contributed by atoms with Crippen LogP contribution in [-0.4, -0.2) is 36.8 Å². The minimum Gasteiger partial charge on any atom is -0.384 e. The first-order valence-corrected chi connectivity index (χ1v) is 10.6. The molecule has 0 unspecified atom stereocenters. The van der Waals surface area contributed by atoms with Crippen LogP contribution in [0.5, 0.6) is 0 Å². The van der Waals surface area contributed by atoms with E-state index in [-0.39, 0.29) is 11.1 Å². The van der Waals surface area contributed by atoms with Gasteiger partial charge in [-0.15, -0.1) is 0 Å². The molecule has 0 aliphatic carbocycles. The van der Waals surface area contributed by atoms with Gasteiger partial charge in [0.2, 0.25) is 0 Å². The lowest BCUT2D eigenvalue weighted by Crippen LogP contribution is -2.32. The van der Waals surface area contributed by atoms with Crippen molar-refractivity contribution >= 4 is 46.3 Å². The first-order valence-electron chi connectivity index (χ1n) is 9.40. The Morgan fingerprint density at radius 3 is 2.96 bits per heavy atom. The molecule has 0 radical (unpaired) electrons. The van der Waals surface area contributed by atoms with Crippen LogP contribution in [-0.2, 0) is 4.79 Å². The molecule has 0 bridgehead atoms. The average molecular weight is 421 g/mol. The van der Waals surface area contributed by atoms with Crippen LogP contribution in [0, 0.1) is 0 Å². The van der Waals surface area contributed by atoms with Gasteiger partial charge in [-0.05, 0) is 56.1 Å². The highest BCUT2D eigenvalue weighted by Crippen LogP contribution is 2.36. The third kappa shape index (κ3) is 5.10. The van der Waals surface area contributed by atoms with E-state index < -0.39 is 0 Å². The first kappa shape index (κ1) is 20.8. The van der Waals surface area contributed by atoms with Crippen LogP contribution in [0.1, 0.15) is 31.2 Å². The van der Waals surface area contributed by atoms with Gasteiger partial charge in [0, 0.05) is 30.4 Å². The lowest BCUT2D eigenvalue weighted by molar-refractivity contribution is -0.115.